The van der Waals surface area contributed by atoms with E-state index in [1.165, 1.54) is 5.70 Å². The van der Waals surface area contributed by atoms with Crippen molar-refractivity contribution in [3.63, 3.8) is 0 Å². The molecule has 1 heterocycles. The molecule has 1 aliphatic carbocycles. The van der Waals surface area contributed by atoms with Crippen molar-refractivity contribution >= 4 is 19.3 Å². The summed E-state index contributed by atoms with van der Waals surface area (Å²) in [5, 5.41) is 0. The Morgan fingerprint density at radius 2 is 1.59 bits per heavy atom. The number of carbonyl (C=O) groups is 1. The van der Waals surface area contributed by atoms with Gasteiger partial charge < -0.3 is 0 Å². The molecule has 0 aromatic carbocycles. The monoisotopic (exact) mass is 347 g/mol. The van der Waals surface area contributed by atoms with Crippen LogP contribution in [0.2, 0.25) is 0 Å². The van der Waals surface area contributed by atoms with E-state index in [4.69, 9.17) is 0 Å². The number of nitrogens with zero attached hydrogens (tertiary/aromatic N) is 1. The molecule has 0 radical (unpaired) electrons. The first kappa shape index (κ1) is 18.6. The van der Waals surface area contributed by atoms with E-state index in [1.54, 1.807) is 6.92 Å². The van der Waals surface area contributed by atoms with Gasteiger partial charge >= 0.3 is 33.0 Å². The third-order valence-corrected chi connectivity index (χ3v) is 3.01. The average Bonchev–Trinajstić information content (AvgIpc) is 2.36. The van der Waals surface area contributed by atoms with E-state index in [0.717, 1.165) is 19.3 Å². The van der Waals surface area contributed by atoms with Crippen LogP contribution in [0.15, 0.2) is 36.7 Å². The minimum absolute atomic E-state index is 0.248. The van der Waals surface area contributed by atoms with Gasteiger partial charge in [-0.2, -0.15) is 4.57 Å². The van der Waals surface area contributed by atoms with Crippen LogP contribution in [0.25, 0.3) is 5.70 Å². The molecule has 9 heteroatoms. The molecule has 22 heavy (non-hydrogen) atoms. The average molecular weight is 347 g/mol. The normalized spacial score (nSPS) is 21.6. The fourth-order valence-corrected chi connectivity index (χ4v) is 2.01. The van der Waals surface area contributed by atoms with Gasteiger partial charge in [0.2, 0.25) is 0 Å². The zero-order valence-electron chi connectivity index (χ0n) is 11.7. The van der Waals surface area contributed by atoms with Gasteiger partial charge in [-0.05, 0) is 25.8 Å². The molecule has 1 atom stereocenters. The summed E-state index contributed by atoms with van der Waals surface area (Å²) >= 11 is 0. The van der Waals surface area contributed by atoms with E-state index >= 15 is 0 Å². The molecule has 1 aromatic rings. The molecule has 0 amide bonds. The number of hydrogen-bond donors (Lipinski definition) is 0. The molecule has 1 unspecified atom stereocenters. The van der Waals surface area contributed by atoms with Gasteiger partial charge in [-0.3, -0.25) is 4.79 Å². The van der Waals surface area contributed by atoms with Crippen molar-refractivity contribution in [1.29, 1.82) is 0 Å². The number of hydrogen-bond acceptors (Lipinski definition) is 1. The van der Waals surface area contributed by atoms with Crippen LogP contribution >= 0.6 is 7.81 Å². The van der Waals surface area contributed by atoms with Gasteiger partial charge in [-0.15, -0.1) is 0 Å². The minimum atomic E-state index is -10.7. The zero-order valence-corrected chi connectivity index (χ0v) is 12.6. The summed E-state index contributed by atoms with van der Waals surface area (Å²) in [6.45, 7) is 1.69. The van der Waals surface area contributed by atoms with E-state index in [1.807, 2.05) is 18.2 Å². The summed E-state index contributed by atoms with van der Waals surface area (Å²) in [6.07, 6.45) is 9.18. The fraction of sp³-hybridized carbons (Fsp3) is 0.385. The number of Topliss-reactive ketones (excluding diaryl/α,β-unsaturated/α-hetero) is 1. The SMILES string of the molecule is CC(=O)C1CC=C([n+]2ccccc2)CC1.F[P-](F)(F)(F)(F)F. The quantitative estimate of drug-likeness (QED) is 0.388. The van der Waals surface area contributed by atoms with Crippen molar-refractivity contribution in [2.24, 2.45) is 5.92 Å². The summed E-state index contributed by atoms with van der Waals surface area (Å²) in [5.41, 5.74) is 1.31. The predicted octanol–water partition coefficient (Wildman–Crippen LogP) is 5.59. The summed E-state index contributed by atoms with van der Waals surface area (Å²) in [7, 11) is -10.7. The van der Waals surface area contributed by atoms with Crippen molar-refractivity contribution in [3.05, 3.63) is 36.7 Å². The molecular weight excluding hydrogens is 331 g/mol. The Kier molecular flexibility index (Phi) is 4.78. The second-order valence-electron chi connectivity index (χ2n) is 5.02. The maximum atomic E-state index is 11.2. The third kappa shape index (κ3) is 9.50. The van der Waals surface area contributed by atoms with E-state index in [9.17, 15) is 30.0 Å². The van der Waals surface area contributed by atoms with Crippen LogP contribution in [0, 0.1) is 5.92 Å². The molecule has 1 aromatic heterocycles. The van der Waals surface area contributed by atoms with Crippen LogP contribution in [0.1, 0.15) is 26.2 Å². The van der Waals surface area contributed by atoms with Crippen molar-refractivity contribution in [2.45, 2.75) is 26.2 Å². The Labute approximate surface area is 123 Å². The van der Waals surface area contributed by atoms with Crippen LogP contribution in [-0.4, -0.2) is 5.78 Å². The van der Waals surface area contributed by atoms with Gasteiger partial charge in [0, 0.05) is 24.5 Å². The second-order valence-corrected chi connectivity index (χ2v) is 6.94. The Bertz CT molecular complexity index is 555. The molecule has 0 saturated carbocycles. The van der Waals surface area contributed by atoms with E-state index in [2.05, 4.69) is 23.0 Å². The van der Waals surface area contributed by atoms with E-state index in [-0.39, 0.29) is 5.92 Å². The van der Waals surface area contributed by atoms with Crippen molar-refractivity contribution < 1.29 is 34.5 Å². The van der Waals surface area contributed by atoms with Crippen LogP contribution in [0.5, 0.6) is 0 Å². The number of carbonyl (C=O) groups excluding carboxylic acids is 1. The second kappa shape index (κ2) is 5.65. The number of ketones is 1. The molecule has 126 valence electrons. The zero-order chi connectivity index (χ0) is 17.1. The van der Waals surface area contributed by atoms with Crippen LogP contribution in [0.4, 0.5) is 25.2 Å². The molecule has 0 saturated heterocycles. The van der Waals surface area contributed by atoms with E-state index < -0.39 is 7.81 Å². The first-order chi connectivity index (χ1) is 9.72. The molecule has 0 N–H and O–H groups in total. The molecule has 1 aliphatic rings. The third-order valence-electron chi connectivity index (χ3n) is 3.01. The molecule has 0 bridgehead atoms. The number of halogens is 6. The molecule has 2 nitrogen and oxygen atoms in total. The number of pyridine rings is 1. The van der Waals surface area contributed by atoms with Gasteiger partial charge in [0.15, 0.2) is 18.1 Å². The summed E-state index contributed by atoms with van der Waals surface area (Å²) < 4.78 is 61.3. The van der Waals surface area contributed by atoms with E-state index in [0.29, 0.717) is 5.78 Å². The molecule has 0 fully saturated rings. The van der Waals surface area contributed by atoms with Gasteiger partial charge in [0.25, 0.3) is 0 Å². The molecular formula is C13H16F6NOP. The Morgan fingerprint density at radius 1 is 1.09 bits per heavy atom. The topological polar surface area (TPSA) is 20.9 Å². The summed E-state index contributed by atoms with van der Waals surface area (Å²) in [6, 6.07) is 6.06. The first-order valence-electron chi connectivity index (χ1n) is 6.45. The molecule has 0 spiro atoms. The van der Waals surface area contributed by atoms with Gasteiger partial charge in [-0.1, -0.05) is 6.07 Å². The number of rotatable bonds is 2. The van der Waals surface area contributed by atoms with Crippen molar-refractivity contribution in [2.75, 3.05) is 0 Å². The van der Waals surface area contributed by atoms with Crippen molar-refractivity contribution in [3.8, 4) is 0 Å². The summed E-state index contributed by atoms with van der Waals surface area (Å²) in [5.74, 6) is 0.571. The van der Waals surface area contributed by atoms with Gasteiger partial charge in [0.05, 0.1) is 0 Å². The Balaban J connectivity index is 0.000000295. The Hall–Kier alpha value is -1.43. The first-order valence-corrected chi connectivity index (χ1v) is 8.48. The fourth-order valence-electron chi connectivity index (χ4n) is 2.01. The summed E-state index contributed by atoms with van der Waals surface area (Å²) in [4.78, 5) is 11.2. The predicted molar refractivity (Wildman–Crippen MR) is 72.5 cm³/mol. The van der Waals surface area contributed by atoms with Gasteiger partial charge in [0.1, 0.15) is 5.78 Å². The number of aromatic nitrogens is 1. The van der Waals surface area contributed by atoms with Crippen LogP contribution < -0.4 is 4.57 Å². The maximum absolute atomic E-state index is 11.2. The molecule has 2 rings (SSSR count). The molecule has 0 aliphatic heterocycles. The number of allylic oxidation sites excluding steroid dienone is 2. The standard InChI is InChI=1S/C13H16NO.F6P/c1-11(15)12-5-7-13(8-6-12)14-9-3-2-4-10-14;1-7(2,3,4,5)6/h2-4,7,9-10,12H,5-6,8H2,1H3;/q+1;-1. The van der Waals surface area contributed by atoms with Crippen molar-refractivity contribution in [1.82, 2.24) is 0 Å². The van der Waals surface area contributed by atoms with Crippen LogP contribution in [-0.2, 0) is 4.79 Å². The Morgan fingerprint density at radius 3 is 1.95 bits per heavy atom. The van der Waals surface area contributed by atoms with Gasteiger partial charge in [-0.25, -0.2) is 0 Å². The van der Waals surface area contributed by atoms with Crippen LogP contribution in [0.3, 0.4) is 0 Å².